The van der Waals surface area contributed by atoms with Crippen molar-refractivity contribution >= 4 is 27.4 Å². The highest BCUT2D eigenvalue weighted by Gasteiger charge is 2.16. The van der Waals surface area contributed by atoms with Gasteiger partial charge >= 0.3 is 11.2 Å². The zero-order valence-corrected chi connectivity index (χ0v) is 11.2. The minimum atomic E-state index is -0.712. The Morgan fingerprint density at radius 1 is 1.47 bits per heavy atom. The number of rotatable bonds is 3. The highest BCUT2D eigenvalue weighted by Crippen LogP contribution is 2.14. The average molecular weight is 325 g/mol. The number of hydrogen-bond donors (Lipinski definition) is 1. The van der Waals surface area contributed by atoms with Gasteiger partial charge in [0.25, 0.3) is 0 Å². The van der Waals surface area contributed by atoms with Crippen LogP contribution in [-0.4, -0.2) is 14.5 Å². The monoisotopic (exact) mass is 324 g/mol. The summed E-state index contributed by atoms with van der Waals surface area (Å²) in [6.07, 6.45) is 1.47. The van der Waals surface area contributed by atoms with E-state index in [4.69, 9.17) is 5.73 Å². The van der Waals surface area contributed by atoms with Crippen molar-refractivity contribution in [2.45, 2.75) is 6.54 Å². The van der Waals surface area contributed by atoms with E-state index in [0.29, 0.717) is 16.0 Å². The molecule has 0 saturated heterocycles. The molecule has 0 aliphatic rings. The smallest absolute Gasteiger partial charge is 0.335 e. The summed E-state index contributed by atoms with van der Waals surface area (Å²) >= 11 is 3.13. The minimum Gasteiger partial charge on any atom is -0.384 e. The molecule has 8 heteroatoms. The van der Waals surface area contributed by atoms with E-state index in [1.165, 1.54) is 16.8 Å². The van der Waals surface area contributed by atoms with Gasteiger partial charge in [-0.05, 0) is 28.1 Å². The lowest BCUT2D eigenvalue weighted by Gasteiger charge is -2.06. The molecule has 2 aromatic heterocycles. The Bertz CT molecular complexity index is 699. The summed E-state index contributed by atoms with van der Waals surface area (Å²) in [7, 11) is 0. The Morgan fingerprint density at radius 3 is 2.84 bits per heavy atom. The largest absolute Gasteiger partial charge is 0.384 e. The molecule has 7 nitrogen and oxygen atoms in total. The zero-order valence-electron chi connectivity index (χ0n) is 9.62. The third-order valence-electron chi connectivity index (χ3n) is 2.39. The maximum Gasteiger partial charge on any atom is 0.335 e. The van der Waals surface area contributed by atoms with Crippen molar-refractivity contribution in [3.05, 3.63) is 61.1 Å². The number of nitro groups is 1. The molecule has 0 radical (unpaired) electrons. The number of pyridine rings is 2. The lowest BCUT2D eigenvalue weighted by molar-refractivity contribution is -0.386. The Labute approximate surface area is 116 Å². The Morgan fingerprint density at radius 2 is 2.21 bits per heavy atom. The van der Waals surface area contributed by atoms with Gasteiger partial charge in [0.15, 0.2) is 0 Å². The average Bonchev–Trinajstić information content (AvgIpc) is 2.33. The first kappa shape index (κ1) is 13.2. The second kappa shape index (κ2) is 5.19. The molecule has 2 rings (SSSR count). The first-order valence-corrected chi connectivity index (χ1v) is 6.02. The van der Waals surface area contributed by atoms with Gasteiger partial charge in [0.05, 0.1) is 17.2 Å². The van der Waals surface area contributed by atoms with Crippen LogP contribution >= 0.6 is 15.9 Å². The molecule has 0 unspecified atom stereocenters. The van der Waals surface area contributed by atoms with E-state index in [-0.39, 0.29) is 6.54 Å². The van der Waals surface area contributed by atoms with Gasteiger partial charge in [-0.25, -0.2) is 4.98 Å². The number of halogens is 1. The van der Waals surface area contributed by atoms with E-state index in [1.807, 2.05) is 0 Å². The number of nitrogens with two attached hydrogens (primary N) is 1. The van der Waals surface area contributed by atoms with E-state index in [0.717, 1.165) is 0 Å². The van der Waals surface area contributed by atoms with E-state index in [1.54, 1.807) is 18.2 Å². The van der Waals surface area contributed by atoms with Gasteiger partial charge in [-0.3, -0.25) is 14.9 Å². The predicted molar refractivity (Wildman–Crippen MR) is 72.8 cm³/mol. The summed E-state index contributed by atoms with van der Waals surface area (Å²) in [5, 5.41) is 10.8. The van der Waals surface area contributed by atoms with Gasteiger partial charge in [0.1, 0.15) is 5.82 Å². The molecular formula is C11H9BrN4O3. The Hall–Kier alpha value is -2.22. The summed E-state index contributed by atoms with van der Waals surface area (Å²) in [5.41, 5.74) is 4.92. The molecular weight excluding hydrogens is 316 g/mol. The van der Waals surface area contributed by atoms with Crippen LogP contribution in [0.2, 0.25) is 0 Å². The number of anilines is 1. The van der Waals surface area contributed by atoms with Gasteiger partial charge in [-0.15, -0.1) is 0 Å². The SMILES string of the molecule is Nc1cccc(Cn2cc(Br)cc([N+](=O)[O-])c2=O)n1. The lowest BCUT2D eigenvalue weighted by Crippen LogP contribution is -2.23. The number of nitrogen functional groups attached to an aromatic ring is 1. The van der Waals surface area contributed by atoms with Gasteiger partial charge in [-0.1, -0.05) is 6.07 Å². The molecule has 98 valence electrons. The van der Waals surface area contributed by atoms with Crippen molar-refractivity contribution < 1.29 is 4.92 Å². The Kier molecular flexibility index (Phi) is 3.61. The molecule has 2 N–H and O–H groups in total. The van der Waals surface area contributed by atoms with Gasteiger partial charge in [-0.2, -0.15) is 0 Å². The molecule has 0 aliphatic heterocycles. The van der Waals surface area contributed by atoms with Crippen LogP contribution in [0.25, 0.3) is 0 Å². The van der Waals surface area contributed by atoms with E-state index >= 15 is 0 Å². The molecule has 0 atom stereocenters. The first-order valence-electron chi connectivity index (χ1n) is 5.23. The quantitative estimate of drug-likeness (QED) is 0.681. The van der Waals surface area contributed by atoms with Crippen LogP contribution in [0.5, 0.6) is 0 Å². The number of nitrogens with zero attached hydrogens (tertiary/aromatic N) is 3. The van der Waals surface area contributed by atoms with Crippen LogP contribution in [0.1, 0.15) is 5.69 Å². The van der Waals surface area contributed by atoms with Crippen molar-refractivity contribution in [3.8, 4) is 0 Å². The van der Waals surface area contributed by atoms with Crippen molar-refractivity contribution in [1.82, 2.24) is 9.55 Å². The minimum absolute atomic E-state index is 0.115. The van der Waals surface area contributed by atoms with E-state index in [2.05, 4.69) is 20.9 Å². The van der Waals surface area contributed by atoms with Gasteiger partial charge < -0.3 is 10.3 Å². The van der Waals surface area contributed by atoms with Crippen LogP contribution in [0, 0.1) is 10.1 Å². The van der Waals surface area contributed by atoms with Gasteiger partial charge in [0, 0.05) is 16.7 Å². The fraction of sp³-hybridized carbons (Fsp3) is 0.0909. The maximum atomic E-state index is 11.9. The van der Waals surface area contributed by atoms with Crippen LogP contribution in [0.4, 0.5) is 11.5 Å². The highest BCUT2D eigenvalue weighted by atomic mass is 79.9. The van der Waals surface area contributed by atoms with Crippen LogP contribution in [0.3, 0.4) is 0 Å². The topological polar surface area (TPSA) is 104 Å². The molecule has 19 heavy (non-hydrogen) atoms. The molecule has 0 amide bonds. The molecule has 0 fully saturated rings. The second-order valence-corrected chi connectivity index (χ2v) is 4.70. The maximum absolute atomic E-state index is 11.9. The third kappa shape index (κ3) is 2.97. The normalized spacial score (nSPS) is 10.4. The summed E-state index contributed by atoms with van der Waals surface area (Å²) in [6.45, 7) is 0.115. The van der Waals surface area contributed by atoms with E-state index in [9.17, 15) is 14.9 Å². The third-order valence-corrected chi connectivity index (χ3v) is 2.82. The number of aromatic nitrogens is 2. The Balaban J connectivity index is 2.46. The molecule has 2 heterocycles. The molecule has 0 aliphatic carbocycles. The van der Waals surface area contributed by atoms with Crippen molar-refractivity contribution in [1.29, 1.82) is 0 Å². The van der Waals surface area contributed by atoms with E-state index < -0.39 is 16.2 Å². The van der Waals surface area contributed by atoms with Gasteiger partial charge in [0.2, 0.25) is 0 Å². The summed E-state index contributed by atoms with van der Waals surface area (Å²) < 4.78 is 1.66. The van der Waals surface area contributed by atoms with Crippen molar-refractivity contribution in [2.75, 3.05) is 5.73 Å². The fourth-order valence-electron chi connectivity index (χ4n) is 1.59. The summed E-state index contributed by atoms with van der Waals surface area (Å²) in [5.74, 6) is 0.329. The second-order valence-electron chi connectivity index (χ2n) is 3.79. The van der Waals surface area contributed by atoms with Crippen molar-refractivity contribution in [2.24, 2.45) is 0 Å². The predicted octanol–water partition coefficient (Wildman–Crippen LogP) is 1.54. The zero-order chi connectivity index (χ0) is 14.0. The first-order chi connectivity index (χ1) is 8.97. The molecule has 0 saturated carbocycles. The fourth-order valence-corrected chi connectivity index (χ4v) is 2.06. The van der Waals surface area contributed by atoms with Crippen LogP contribution in [0.15, 0.2) is 39.7 Å². The summed E-state index contributed by atoms with van der Waals surface area (Å²) in [6, 6.07) is 6.19. The van der Waals surface area contributed by atoms with Crippen LogP contribution in [-0.2, 0) is 6.54 Å². The standard InChI is InChI=1S/C11H9BrN4O3/c12-7-4-9(16(18)19)11(17)15(5-7)6-8-2-1-3-10(13)14-8/h1-5H,6H2,(H2,13,14). The number of hydrogen-bond acceptors (Lipinski definition) is 5. The highest BCUT2D eigenvalue weighted by molar-refractivity contribution is 9.10. The molecule has 0 aromatic carbocycles. The lowest BCUT2D eigenvalue weighted by atomic mass is 10.3. The van der Waals surface area contributed by atoms with Crippen molar-refractivity contribution in [3.63, 3.8) is 0 Å². The molecule has 2 aromatic rings. The summed E-state index contributed by atoms with van der Waals surface area (Å²) in [4.78, 5) is 26.0. The molecule has 0 spiro atoms. The molecule has 0 bridgehead atoms. The van der Waals surface area contributed by atoms with Crippen LogP contribution < -0.4 is 11.3 Å².